The number of halogens is 2. The Balaban J connectivity index is 2.02. The van der Waals surface area contributed by atoms with Crippen molar-refractivity contribution in [3.63, 3.8) is 0 Å². The van der Waals surface area contributed by atoms with E-state index in [2.05, 4.69) is 10.5 Å². The molecule has 0 fully saturated rings. The minimum atomic E-state index is -0.738. The maximum absolute atomic E-state index is 13.3. The van der Waals surface area contributed by atoms with Gasteiger partial charge >= 0.3 is 0 Å². The number of amides is 1. The van der Waals surface area contributed by atoms with Gasteiger partial charge in [-0.25, -0.2) is 14.2 Å². The van der Waals surface area contributed by atoms with Gasteiger partial charge in [-0.3, -0.25) is 4.79 Å². The van der Waals surface area contributed by atoms with Gasteiger partial charge in [0.25, 0.3) is 5.91 Å². The van der Waals surface area contributed by atoms with Crippen molar-refractivity contribution < 1.29 is 13.6 Å². The molecule has 96 valence electrons. The second kappa shape index (κ2) is 5.86. The van der Waals surface area contributed by atoms with Gasteiger partial charge in [-0.2, -0.15) is 5.10 Å². The second-order valence-corrected chi connectivity index (χ2v) is 3.73. The fourth-order valence-corrected chi connectivity index (χ4v) is 1.42. The summed E-state index contributed by atoms with van der Waals surface area (Å²) >= 11 is 0. The molecule has 0 saturated heterocycles. The molecule has 3 nitrogen and oxygen atoms in total. The van der Waals surface area contributed by atoms with E-state index < -0.39 is 17.5 Å². The number of rotatable bonds is 3. The van der Waals surface area contributed by atoms with Crippen LogP contribution in [0.15, 0.2) is 53.6 Å². The van der Waals surface area contributed by atoms with E-state index in [1.807, 2.05) is 0 Å². The van der Waals surface area contributed by atoms with Crippen LogP contribution in [0, 0.1) is 11.6 Å². The van der Waals surface area contributed by atoms with Crippen LogP contribution >= 0.6 is 0 Å². The van der Waals surface area contributed by atoms with Crippen LogP contribution in [0.25, 0.3) is 0 Å². The minimum absolute atomic E-state index is 0.0924. The van der Waals surface area contributed by atoms with Crippen molar-refractivity contribution in [2.24, 2.45) is 5.10 Å². The predicted octanol–water partition coefficient (Wildman–Crippen LogP) is 2.73. The first-order valence-electron chi connectivity index (χ1n) is 5.50. The number of hydrogen-bond donors (Lipinski definition) is 1. The maximum Gasteiger partial charge on any atom is 0.271 e. The van der Waals surface area contributed by atoms with Gasteiger partial charge in [0.05, 0.1) is 6.21 Å². The second-order valence-electron chi connectivity index (χ2n) is 3.73. The van der Waals surface area contributed by atoms with Crippen LogP contribution in [-0.2, 0) is 0 Å². The molecule has 0 saturated carbocycles. The summed E-state index contributed by atoms with van der Waals surface area (Å²) < 4.78 is 25.9. The molecule has 0 spiro atoms. The van der Waals surface area contributed by atoms with E-state index in [1.54, 1.807) is 30.3 Å². The lowest BCUT2D eigenvalue weighted by Gasteiger charge is -1.99. The maximum atomic E-state index is 13.3. The van der Waals surface area contributed by atoms with Gasteiger partial charge in [0, 0.05) is 17.2 Å². The first kappa shape index (κ1) is 12.9. The number of hydrazone groups is 1. The SMILES string of the molecule is O=C(N/N=C/c1ccc(F)cc1F)c1ccccc1. The number of hydrogen-bond acceptors (Lipinski definition) is 2. The first-order chi connectivity index (χ1) is 9.16. The fraction of sp³-hybridized carbons (Fsp3) is 0. The summed E-state index contributed by atoms with van der Waals surface area (Å²) in [5.74, 6) is -1.81. The molecule has 0 bridgehead atoms. The van der Waals surface area contributed by atoms with Gasteiger partial charge in [-0.05, 0) is 24.3 Å². The van der Waals surface area contributed by atoms with Gasteiger partial charge in [0.1, 0.15) is 11.6 Å². The molecular weight excluding hydrogens is 250 g/mol. The van der Waals surface area contributed by atoms with Gasteiger partial charge in [-0.1, -0.05) is 18.2 Å². The normalized spacial score (nSPS) is 10.6. The Labute approximate surface area is 108 Å². The Bertz CT molecular complexity index is 612. The van der Waals surface area contributed by atoms with Gasteiger partial charge < -0.3 is 0 Å². The largest absolute Gasteiger partial charge is 0.271 e. The average molecular weight is 260 g/mol. The summed E-state index contributed by atoms with van der Waals surface area (Å²) in [5, 5.41) is 3.62. The minimum Gasteiger partial charge on any atom is -0.267 e. The molecule has 0 atom stereocenters. The highest BCUT2D eigenvalue weighted by Crippen LogP contribution is 2.06. The lowest BCUT2D eigenvalue weighted by Crippen LogP contribution is -2.17. The fourth-order valence-electron chi connectivity index (χ4n) is 1.42. The zero-order chi connectivity index (χ0) is 13.7. The molecule has 19 heavy (non-hydrogen) atoms. The van der Waals surface area contributed by atoms with Crippen LogP contribution in [0.3, 0.4) is 0 Å². The molecule has 0 aromatic heterocycles. The van der Waals surface area contributed by atoms with E-state index in [9.17, 15) is 13.6 Å². The molecule has 0 radical (unpaired) electrons. The third kappa shape index (κ3) is 3.45. The number of benzene rings is 2. The van der Waals surface area contributed by atoms with Crippen molar-refractivity contribution in [3.8, 4) is 0 Å². The molecule has 2 aromatic rings. The van der Waals surface area contributed by atoms with Crippen LogP contribution in [-0.4, -0.2) is 12.1 Å². The summed E-state index contributed by atoms with van der Waals surface area (Å²) in [6.45, 7) is 0. The third-order valence-electron chi connectivity index (χ3n) is 2.37. The van der Waals surface area contributed by atoms with Gasteiger partial charge in [0.15, 0.2) is 0 Å². The molecule has 0 heterocycles. The molecule has 0 aliphatic rings. The molecule has 1 amide bonds. The van der Waals surface area contributed by atoms with E-state index in [4.69, 9.17) is 0 Å². The van der Waals surface area contributed by atoms with Crippen molar-refractivity contribution in [1.82, 2.24) is 5.43 Å². The first-order valence-corrected chi connectivity index (χ1v) is 5.50. The standard InChI is InChI=1S/C14H10F2N2O/c15-12-7-6-11(13(16)8-12)9-17-18-14(19)10-4-2-1-3-5-10/h1-9H,(H,18,19)/b17-9+. The van der Waals surface area contributed by atoms with Crippen LogP contribution in [0.1, 0.15) is 15.9 Å². The average Bonchev–Trinajstić information content (AvgIpc) is 2.42. The Hall–Kier alpha value is -2.56. The van der Waals surface area contributed by atoms with Crippen LogP contribution in [0.5, 0.6) is 0 Å². The zero-order valence-corrected chi connectivity index (χ0v) is 9.81. The Kier molecular flexibility index (Phi) is 3.97. The summed E-state index contributed by atoms with van der Waals surface area (Å²) in [4.78, 5) is 11.6. The number of carbonyl (C=O) groups is 1. The van der Waals surface area contributed by atoms with E-state index in [0.29, 0.717) is 5.56 Å². The number of nitrogens with zero attached hydrogens (tertiary/aromatic N) is 1. The highest BCUT2D eigenvalue weighted by atomic mass is 19.1. The number of carbonyl (C=O) groups excluding carboxylic acids is 1. The Morgan fingerprint density at radius 2 is 1.84 bits per heavy atom. The summed E-state index contributed by atoms with van der Waals surface area (Å²) in [6, 6.07) is 11.6. The molecule has 2 aromatic carbocycles. The Morgan fingerprint density at radius 3 is 2.53 bits per heavy atom. The van der Waals surface area contributed by atoms with Gasteiger partial charge in [0.2, 0.25) is 0 Å². The lowest BCUT2D eigenvalue weighted by molar-refractivity contribution is 0.0955. The van der Waals surface area contributed by atoms with Gasteiger partial charge in [-0.15, -0.1) is 0 Å². The summed E-state index contributed by atoms with van der Waals surface area (Å²) in [7, 11) is 0. The molecule has 0 unspecified atom stereocenters. The predicted molar refractivity (Wildman–Crippen MR) is 67.9 cm³/mol. The Morgan fingerprint density at radius 1 is 1.11 bits per heavy atom. The third-order valence-corrected chi connectivity index (χ3v) is 2.37. The zero-order valence-electron chi connectivity index (χ0n) is 9.81. The topological polar surface area (TPSA) is 41.5 Å². The van der Waals surface area contributed by atoms with Crippen molar-refractivity contribution >= 4 is 12.1 Å². The van der Waals surface area contributed by atoms with Crippen LogP contribution in [0.4, 0.5) is 8.78 Å². The number of nitrogens with one attached hydrogen (secondary N) is 1. The highest BCUT2D eigenvalue weighted by molar-refractivity contribution is 5.94. The smallest absolute Gasteiger partial charge is 0.267 e. The van der Waals surface area contributed by atoms with Crippen molar-refractivity contribution in [3.05, 3.63) is 71.3 Å². The molecule has 2 rings (SSSR count). The monoisotopic (exact) mass is 260 g/mol. The van der Waals surface area contributed by atoms with Crippen LogP contribution in [0.2, 0.25) is 0 Å². The van der Waals surface area contributed by atoms with Crippen molar-refractivity contribution in [2.75, 3.05) is 0 Å². The van der Waals surface area contributed by atoms with E-state index >= 15 is 0 Å². The molecule has 0 aliphatic carbocycles. The molecule has 0 aliphatic heterocycles. The van der Waals surface area contributed by atoms with E-state index in [1.165, 1.54) is 6.07 Å². The van der Waals surface area contributed by atoms with Crippen LogP contribution < -0.4 is 5.43 Å². The molecular formula is C14H10F2N2O. The van der Waals surface area contributed by atoms with Crippen molar-refractivity contribution in [1.29, 1.82) is 0 Å². The highest BCUT2D eigenvalue weighted by Gasteiger charge is 2.03. The summed E-state index contributed by atoms with van der Waals surface area (Å²) in [5.41, 5.74) is 2.80. The summed E-state index contributed by atoms with van der Waals surface area (Å²) in [6.07, 6.45) is 1.12. The molecule has 1 N–H and O–H groups in total. The molecule has 5 heteroatoms. The van der Waals surface area contributed by atoms with E-state index in [0.717, 1.165) is 18.3 Å². The van der Waals surface area contributed by atoms with Crippen molar-refractivity contribution in [2.45, 2.75) is 0 Å². The lowest BCUT2D eigenvalue weighted by atomic mass is 10.2. The quantitative estimate of drug-likeness (QED) is 0.669. The van der Waals surface area contributed by atoms with E-state index in [-0.39, 0.29) is 5.56 Å².